The zero-order valence-corrected chi connectivity index (χ0v) is 15.7. The van der Waals surface area contributed by atoms with Gasteiger partial charge in [0.1, 0.15) is 0 Å². The van der Waals surface area contributed by atoms with Crippen molar-refractivity contribution in [2.24, 2.45) is 0 Å². The molecule has 3 aromatic rings. The molecule has 0 aliphatic rings. The summed E-state index contributed by atoms with van der Waals surface area (Å²) in [7, 11) is -3.80. The molecular weight excluding hydrogens is 372 g/mol. The van der Waals surface area contributed by atoms with Gasteiger partial charge in [0.05, 0.1) is 10.6 Å². The van der Waals surface area contributed by atoms with Gasteiger partial charge in [0.2, 0.25) is 0 Å². The van der Waals surface area contributed by atoms with Crippen LogP contribution < -0.4 is 10.3 Å². The van der Waals surface area contributed by atoms with Gasteiger partial charge in [0, 0.05) is 5.56 Å². The summed E-state index contributed by atoms with van der Waals surface area (Å²) in [5.41, 5.74) is 1.17. The van der Waals surface area contributed by atoms with Crippen molar-refractivity contribution in [2.45, 2.75) is 17.0 Å². The van der Waals surface area contributed by atoms with Crippen LogP contribution in [0, 0.1) is 6.92 Å². The lowest BCUT2D eigenvalue weighted by Gasteiger charge is -2.12. The van der Waals surface area contributed by atoms with Gasteiger partial charge in [-0.1, -0.05) is 47.7 Å². The number of sulfonamides is 1. The molecule has 7 nitrogen and oxygen atoms in total. The first-order chi connectivity index (χ1) is 12.4. The summed E-state index contributed by atoms with van der Waals surface area (Å²) in [4.78, 5) is 15.0. The van der Waals surface area contributed by atoms with E-state index in [1.807, 2.05) is 6.92 Å². The Morgan fingerprint density at radius 1 is 1.04 bits per heavy atom. The number of thioether (sulfide) groups is 1. The van der Waals surface area contributed by atoms with Crippen LogP contribution in [0.25, 0.3) is 11.3 Å². The number of H-pyrrole nitrogens is 1. The van der Waals surface area contributed by atoms with Crippen molar-refractivity contribution in [1.29, 1.82) is 0 Å². The van der Waals surface area contributed by atoms with Crippen LogP contribution in [0.1, 0.15) is 5.56 Å². The smallest absolute Gasteiger partial charge is 0.278 e. The van der Waals surface area contributed by atoms with Crippen LogP contribution in [0.4, 0.5) is 5.69 Å². The number of hydrogen-bond acceptors (Lipinski definition) is 6. The molecule has 0 spiro atoms. The van der Waals surface area contributed by atoms with E-state index in [0.717, 1.165) is 5.56 Å². The molecule has 0 unspecified atom stereocenters. The minimum Gasteiger partial charge on any atom is -0.298 e. The maximum atomic E-state index is 12.6. The van der Waals surface area contributed by atoms with Crippen molar-refractivity contribution in [3.8, 4) is 11.3 Å². The predicted molar refractivity (Wildman–Crippen MR) is 102 cm³/mol. The van der Waals surface area contributed by atoms with Crippen LogP contribution in [0.3, 0.4) is 0 Å². The second-order valence-electron chi connectivity index (χ2n) is 5.48. The molecule has 9 heteroatoms. The summed E-state index contributed by atoms with van der Waals surface area (Å²) in [6.45, 7) is 1.88. The number of nitrogens with zero attached hydrogens (tertiary/aromatic N) is 2. The molecule has 1 heterocycles. The molecule has 2 N–H and O–H groups in total. The van der Waals surface area contributed by atoms with Crippen LogP contribution >= 0.6 is 11.8 Å². The number of aryl methyl sites for hydroxylation is 1. The van der Waals surface area contributed by atoms with Gasteiger partial charge in [0.25, 0.3) is 15.6 Å². The predicted octanol–water partition coefficient (Wildman–Crippen LogP) is 2.66. The lowest BCUT2D eigenvalue weighted by molar-refractivity contribution is 0.601. The second kappa shape index (κ2) is 7.30. The van der Waals surface area contributed by atoms with Crippen LogP contribution in [-0.4, -0.2) is 29.9 Å². The zero-order chi connectivity index (χ0) is 18.7. The first-order valence-electron chi connectivity index (χ1n) is 7.60. The highest BCUT2D eigenvalue weighted by atomic mass is 32.2. The highest BCUT2D eigenvalue weighted by molar-refractivity contribution is 7.98. The number of aromatic amines is 1. The Morgan fingerprint density at radius 2 is 1.73 bits per heavy atom. The van der Waals surface area contributed by atoms with Gasteiger partial charge in [-0.3, -0.25) is 14.5 Å². The van der Waals surface area contributed by atoms with Crippen molar-refractivity contribution < 1.29 is 8.42 Å². The van der Waals surface area contributed by atoms with Gasteiger partial charge >= 0.3 is 0 Å². The summed E-state index contributed by atoms with van der Waals surface area (Å²) in [6.07, 6.45) is 1.77. The minimum absolute atomic E-state index is 0.0463. The summed E-state index contributed by atoms with van der Waals surface area (Å²) in [6, 6.07) is 13.1. The van der Waals surface area contributed by atoms with E-state index >= 15 is 0 Å². The molecule has 0 bridgehead atoms. The molecule has 0 fully saturated rings. The number of aromatic nitrogens is 3. The molecular formula is C17H16N4O3S2. The number of nitrogens with one attached hydrogen (secondary N) is 2. The average Bonchev–Trinajstić information content (AvgIpc) is 2.62. The van der Waals surface area contributed by atoms with E-state index in [1.165, 1.54) is 23.9 Å². The third kappa shape index (κ3) is 3.78. The van der Waals surface area contributed by atoms with E-state index in [0.29, 0.717) is 10.7 Å². The average molecular weight is 388 g/mol. The number of rotatable bonds is 5. The lowest BCUT2D eigenvalue weighted by atomic mass is 10.1. The van der Waals surface area contributed by atoms with E-state index in [2.05, 4.69) is 19.9 Å². The maximum absolute atomic E-state index is 12.6. The van der Waals surface area contributed by atoms with Crippen LogP contribution in [0.5, 0.6) is 0 Å². The number of hydrogen-bond donors (Lipinski definition) is 2. The van der Waals surface area contributed by atoms with E-state index < -0.39 is 15.6 Å². The molecule has 0 saturated carbocycles. The second-order valence-corrected chi connectivity index (χ2v) is 7.95. The zero-order valence-electron chi connectivity index (χ0n) is 14.1. The Morgan fingerprint density at radius 3 is 2.38 bits per heavy atom. The van der Waals surface area contributed by atoms with Gasteiger partial charge in [0.15, 0.2) is 10.9 Å². The fraction of sp³-hybridized carbons (Fsp3) is 0.118. The minimum atomic E-state index is -3.80. The van der Waals surface area contributed by atoms with Crippen molar-refractivity contribution in [3.63, 3.8) is 0 Å². The first-order valence-corrected chi connectivity index (χ1v) is 10.3. The molecule has 134 valence electrons. The van der Waals surface area contributed by atoms with E-state index in [4.69, 9.17) is 0 Å². The topological polar surface area (TPSA) is 105 Å². The van der Waals surface area contributed by atoms with Gasteiger partial charge in [-0.15, -0.1) is 10.2 Å². The molecule has 2 aromatic carbocycles. The lowest BCUT2D eigenvalue weighted by Crippen LogP contribution is -2.17. The largest absolute Gasteiger partial charge is 0.298 e. The van der Waals surface area contributed by atoms with Crippen molar-refractivity contribution in [2.75, 3.05) is 11.0 Å². The van der Waals surface area contributed by atoms with Gasteiger partial charge in [-0.2, -0.15) is 0 Å². The SMILES string of the molecule is CSc1nnc(-c2ccccc2NS(=O)(=O)c2ccc(C)cc2)c(=O)[nH]1. The number of para-hydroxylation sites is 1. The molecule has 0 saturated heterocycles. The number of benzene rings is 2. The van der Waals surface area contributed by atoms with E-state index in [1.54, 1.807) is 42.7 Å². The standard InChI is InChI=1S/C17H16N4O3S2/c1-11-7-9-12(10-8-11)26(23,24)21-14-6-4-3-5-13(14)15-16(22)18-17(25-2)20-19-15/h3-10,21H,1-2H3,(H,18,20,22). The molecule has 0 radical (unpaired) electrons. The Kier molecular flexibility index (Phi) is 5.10. The van der Waals surface area contributed by atoms with Gasteiger partial charge < -0.3 is 0 Å². The summed E-state index contributed by atoms with van der Waals surface area (Å²) in [5.74, 6) is 0. The Balaban J connectivity index is 2.03. The summed E-state index contributed by atoms with van der Waals surface area (Å²) < 4.78 is 27.8. The highest BCUT2D eigenvalue weighted by Crippen LogP contribution is 2.26. The van der Waals surface area contributed by atoms with Crippen molar-refractivity contribution >= 4 is 27.5 Å². The molecule has 26 heavy (non-hydrogen) atoms. The van der Waals surface area contributed by atoms with Gasteiger partial charge in [-0.05, 0) is 31.4 Å². The van der Waals surface area contributed by atoms with Crippen LogP contribution in [0.15, 0.2) is 63.4 Å². The van der Waals surface area contributed by atoms with Crippen molar-refractivity contribution in [1.82, 2.24) is 15.2 Å². The molecule has 3 rings (SSSR count). The fourth-order valence-electron chi connectivity index (χ4n) is 2.29. The van der Waals surface area contributed by atoms with E-state index in [9.17, 15) is 13.2 Å². The highest BCUT2D eigenvalue weighted by Gasteiger charge is 2.18. The third-order valence-corrected chi connectivity index (χ3v) is 5.58. The first kappa shape index (κ1) is 18.2. The van der Waals surface area contributed by atoms with Gasteiger partial charge in [-0.25, -0.2) is 8.42 Å². The quantitative estimate of drug-likeness (QED) is 0.651. The molecule has 0 aliphatic heterocycles. The third-order valence-electron chi connectivity index (χ3n) is 3.63. The van der Waals surface area contributed by atoms with Crippen molar-refractivity contribution in [3.05, 3.63) is 64.4 Å². The monoisotopic (exact) mass is 388 g/mol. The fourth-order valence-corrected chi connectivity index (χ4v) is 3.69. The molecule has 1 aromatic heterocycles. The summed E-state index contributed by atoms with van der Waals surface area (Å²) in [5, 5.41) is 8.25. The van der Waals surface area contributed by atoms with Crippen LogP contribution in [-0.2, 0) is 10.0 Å². The molecule has 0 amide bonds. The molecule has 0 atom stereocenters. The Hall–Kier alpha value is -2.65. The number of anilines is 1. The summed E-state index contributed by atoms with van der Waals surface area (Å²) >= 11 is 1.26. The Labute approximate surface area is 154 Å². The van der Waals surface area contributed by atoms with E-state index in [-0.39, 0.29) is 16.3 Å². The normalized spacial score (nSPS) is 11.3. The Bertz CT molecular complexity index is 1090. The maximum Gasteiger partial charge on any atom is 0.278 e. The van der Waals surface area contributed by atoms with Crippen LogP contribution in [0.2, 0.25) is 0 Å². The molecule has 0 aliphatic carbocycles.